The van der Waals surface area contributed by atoms with E-state index in [0.29, 0.717) is 12.0 Å². The first kappa shape index (κ1) is 21.6. The first-order valence-corrected chi connectivity index (χ1v) is 9.51. The molecule has 2 heterocycles. The Hall–Kier alpha value is -0.410. The van der Waals surface area contributed by atoms with Crippen molar-refractivity contribution in [3.63, 3.8) is 0 Å². The van der Waals surface area contributed by atoms with Crippen molar-refractivity contribution in [1.82, 2.24) is 15.2 Å². The van der Waals surface area contributed by atoms with Crippen LogP contribution >= 0.6 is 35.3 Å². The normalized spacial score (nSPS) is 19.3. The summed E-state index contributed by atoms with van der Waals surface area (Å²) in [5, 5.41) is 6.53. The van der Waals surface area contributed by atoms with Crippen molar-refractivity contribution in [3.8, 4) is 0 Å². The first-order valence-electron chi connectivity index (χ1n) is 8.63. The summed E-state index contributed by atoms with van der Waals surface area (Å²) >= 11 is 1.73. The van der Waals surface area contributed by atoms with Gasteiger partial charge in [-0.3, -0.25) is 9.89 Å². The van der Waals surface area contributed by atoms with Gasteiger partial charge in [0.15, 0.2) is 5.96 Å². The summed E-state index contributed by atoms with van der Waals surface area (Å²) in [4.78, 5) is 11.7. The third kappa shape index (κ3) is 6.48. The van der Waals surface area contributed by atoms with Gasteiger partial charge in [0.1, 0.15) is 0 Å². The molecule has 7 heteroatoms. The maximum atomic E-state index is 5.98. The predicted octanol–water partition coefficient (Wildman–Crippen LogP) is 2.99. The zero-order valence-corrected chi connectivity index (χ0v) is 18.5. The van der Waals surface area contributed by atoms with Crippen LogP contribution in [-0.4, -0.2) is 48.1 Å². The van der Waals surface area contributed by atoms with E-state index in [2.05, 4.69) is 48.3 Å². The Labute approximate surface area is 167 Å². The van der Waals surface area contributed by atoms with Crippen LogP contribution in [-0.2, 0) is 11.8 Å². The Balaban J connectivity index is 0.00000288. The molecule has 1 aromatic rings. The standard InChI is InChI=1S/C17H31N5S.HI/c1-5-22-10-6-7-13(22)11-20-16(18)19-9-8-15-21-14(12-23-15)17(2,3)4;/h12-13H,5-11H2,1-4H3,(H3,18,19,20);1H. The number of nitrogens with two attached hydrogens (primary N) is 1. The van der Waals surface area contributed by atoms with E-state index in [4.69, 9.17) is 10.7 Å². The molecule has 24 heavy (non-hydrogen) atoms. The molecule has 1 unspecified atom stereocenters. The van der Waals surface area contributed by atoms with Gasteiger partial charge in [0, 0.05) is 29.8 Å². The highest BCUT2D eigenvalue weighted by Gasteiger charge is 2.22. The summed E-state index contributed by atoms with van der Waals surface area (Å²) in [6, 6.07) is 0.564. The lowest BCUT2D eigenvalue weighted by Crippen LogP contribution is -2.36. The van der Waals surface area contributed by atoms with Crippen LogP contribution in [0.1, 0.15) is 51.2 Å². The van der Waals surface area contributed by atoms with Gasteiger partial charge >= 0.3 is 0 Å². The second-order valence-corrected chi connectivity index (χ2v) is 8.15. The summed E-state index contributed by atoms with van der Waals surface area (Å²) in [6.45, 7) is 12.7. The number of rotatable bonds is 6. The highest BCUT2D eigenvalue weighted by atomic mass is 127. The quantitative estimate of drug-likeness (QED) is 0.385. The minimum atomic E-state index is 0. The number of thiazole rings is 1. The summed E-state index contributed by atoms with van der Waals surface area (Å²) in [7, 11) is 0. The molecule has 1 saturated heterocycles. The fourth-order valence-electron chi connectivity index (χ4n) is 2.85. The van der Waals surface area contributed by atoms with Crippen molar-refractivity contribution in [2.75, 3.05) is 26.2 Å². The summed E-state index contributed by atoms with van der Waals surface area (Å²) < 4.78 is 0. The van der Waals surface area contributed by atoms with Crippen LogP contribution in [0.4, 0.5) is 0 Å². The molecule has 1 fully saturated rings. The van der Waals surface area contributed by atoms with E-state index in [-0.39, 0.29) is 29.4 Å². The van der Waals surface area contributed by atoms with E-state index in [1.807, 2.05) is 0 Å². The van der Waals surface area contributed by atoms with E-state index in [0.717, 1.165) is 31.1 Å². The Bertz CT molecular complexity index is 523. The predicted molar refractivity (Wildman–Crippen MR) is 115 cm³/mol. The molecule has 5 nitrogen and oxygen atoms in total. The molecule has 0 amide bonds. The maximum absolute atomic E-state index is 5.98. The number of nitrogens with one attached hydrogen (secondary N) is 1. The van der Waals surface area contributed by atoms with Crippen molar-refractivity contribution < 1.29 is 0 Å². The van der Waals surface area contributed by atoms with Crippen LogP contribution in [0.25, 0.3) is 0 Å². The van der Waals surface area contributed by atoms with Crippen LogP contribution in [0.2, 0.25) is 0 Å². The molecular weight excluding hydrogens is 433 g/mol. The van der Waals surface area contributed by atoms with E-state index in [9.17, 15) is 0 Å². The molecular formula is C17H32IN5S. The minimum Gasteiger partial charge on any atom is -0.370 e. The molecule has 1 aliphatic heterocycles. The fourth-order valence-corrected chi connectivity index (χ4v) is 3.87. The van der Waals surface area contributed by atoms with Crippen molar-refractivity contribution in [1.29, 1.82) is 0 Å². The summed E-state index contributed by atoms with van der Waals surface area (Å²) in [5.41, 5.74) is 7.27. The van der Waals surface area contributed by atoms with Crippen molar-refractivity contribution >= 4 is 41.3 Å². The van der Waals surface area contributed by atoms with Gasteiger partial charge in [-0.1, -0.05) is 27.7 Å². The highest BCUT2D eigenvalue weighted by molar-refractivity contribution is 14.0. The number of hydrogen-bond donors (Lipinski definition) is 2. The van der Waals surface area contributed by atoms with Gasteiger partial charge < -0.3 is 11.1 Å². The van der Waals surface area contributed by atoms with Crippen molar-refractivity contribution in [2.24, 2.45) is 10.7 Å². The van der Waals surface area contributed by atoms with E-state index in [1.165, 1.54) is 25.1 Å². The SMILES string of the molecule is CCN1CCCC1CN=C(N)NCCc1nc(C(C)(C)C)cs1.I. The largest absolute Gasteiger partial charge is 0.370 e. The van der Waals surface area contributed by atoms with E-state index in [1.54, 1.807) is 11.3 Å². The van der Waals surface area contributed by atoms with Gasteiger partial charge in [0.2, 0.25) is 0 Å². The molecule has 138 valence electrons. The van der Waals surface area contributed by atoms with E-state index < -0.39 is 0 Å². The first-order chi connectivity index (χ1) is 10.9. The molecule has 0 radical (unpaired) electrons. The van der Waals surface area contributed by atoms with Gasteiger partial charge in [-0.2, -0.15) is 0 Å². The Morgan fingerprint density at radius 3 is 2.88 bits per heavy atom. The number of aliphatic imine (C=N–C) groups is 1. The zero-order chi connectivity index (χ0) is 16.9. The number of nitrogens with zero attached hydrogens (tertiary/aromatic N) is 3. The third-order valence-electron chi connectivity index (χ3n) is 4.34. The number of hydrogen-bond acceptors (Lipinski definition) is 4. The highest BCUT2D eigenvalue weighted by Crippen LogP contribution is 2.23. The lowest BCUT2D eigenvalue weighted by molar-refractivity contribution is 0.273. The molecule has 0 bridgehead atoms. The third-order valence-corrected chi connectivity index (χ3v) is 5.25. The second-order valence-electron chi connectivity index (χ2n) is 7.20. The maximum Gasteiger partial charge on any atom is 0.188 e. The summed E-state index contributed by atoms with van der Waals surface area (Å²) in [6.07, 6.45) is 3.41. The molecule has 0 aliphatic carbocycles. The number of aromatic nitrogens is 1. The molecule has 1 aromatic heterocycles. The molecule has 3 N–H and O–H groups in total. The van der Waals surface area contributed by atoms with Crippen LogP contribution in [0, 0.1) is 0 Å². The monoisotopic (exact) mass is 465 g/mol. The molecule has 0 saturated carbocycles. The van der Waals surface area contributed by atoms with Crippen LogP contribution in [0.5, 0.6) is 0 Å². The molecule has 2 rings (SSSR count). The lowest BCUT2D eigenvalue weighted by atomic mass is 9.93. The van der Waals surface area contributed by atoms with Gasteiger partial charge in [0.05, 0.1) is 17.2 Å². The topological polar surface area (TPSA) is 66.5 Å². The average molecular weight is 465 g/mol. The molecule has 0 aromatic carbocycles. The number of halogens is 1. The van der Waals surface area contributed by atoms with Gasteiger partial charge in [-0.25, -0.2) is 4.98 Å². The summed E-state index contributed by atoms with van der Waals surface area (Å²) in [5.74, 6) is 0.556. The smallest absolute Gasteiger partial charge is 0.188 e. The van der Waals surface area contributed by atoms with Crippen LogP contribution in [0.3, 0.4) is 0 Å². The number of likely N-dealkylation sites (tertiary alicyclic amines) is 1. The molecule has 1 aliphatic rings. The Morgan fingerprint density at radius 2 is 2.25 bits per heavy atom. The average Bonchev–Trinajstić information content (AvgIpc) is 3.13. The second kappa shape index (κ2) is 9.91. The van der Waals surface area contributed by atoms with Gasteiger partial charge in [-0.05, 0) is 25.9 Å². The minimum absolute atomic E-state index is 0. The van der Waals surface area contributed by atoms with Crippen molar-refractivity contribution in [2.45, 2.75) is 58.4 Å². The van der Waals surface area contributed by atoms with E-state index >= 15 is 0 Å². The molecule has 1 atom stereocenters. The van der Waals surface area contributed by atoms with Crippen LogP contribution < -0.4 is 11.1 Å². The fraction of sp³-hybridized carbons (Fsp3) is 0.765. The Kier molecular flexibility index (Phi) is 8.94. The van der Waals surface area contributed by atoms with Crippen molar-refractivity contribution in [3.05, 3.63) is 16.1 Å². The van der Waals surface area contributed by atoms with Gasteiger partial charge in [0.25, 0.3) is 0 Å². The zero-order valence-electron chi connectivity index (χ0n) is 15.3. The lowest BCUT2D eigenvalue weighted by Gasteiger charge is -2.20. The number of likely N-dealkylation sites (N-methyl/N-ethyl adjacent to an activating group) is 1. The van der Waals surface area contributed by atoms with Crippen LogP contribution in [0.15, 0.2) is 10.4 Å². The number of guanidine groups is 1. The molecule has 0 spiro atoms. The van der Waals surface area contributed by atoms with Gasteiger partial charge in [-0.15, -0.1) is 35.3 Å². The Morgan fingerprint density at radius 1 is 1.50 bits per heavy atom.